The van der Waals surface area contributed by atoms with Crippen LogP contribution in [0.2, 0.25) is 18.1 Å². The molecule has 4 aromatic rings. The number of hydrogen-bond acceptors (Lipinski definition) is 7. The van der Waals surface area contributed by atoms with Gasteiger partial charge in [-0.1, -0.05) is 51.5 Å². The van der Waals surface area contributed by atoms with Crippen molar-refractivity contribution in [3.8, 4) is 5.75 Å². The smallest absolute Gasteiger partial charge is 0.255 e. The molecule has 4 N–H and O–H groups in total. The van der Waals surface area contributed by atoms with Crippen molar-refractivity contribution in [2.24, 2.45) is 0 Å². The molecule has 0 radical (unpaired) electrons. The van der Waals surface area contributed by atoms with Crippen LogP contribution >= 0.6 is 0 Å². The highest BCUT2D eigenvalue weighted by Gasteiger charge is 2.39. The van der Waals surface area contributed by atoms with Crippen LogP contribution in [0.15, 0.2) is 77.6 Å². The number of amides is 2. The Hall–Kier alpha value is -4.29. The third-order valence-corrected chi connectivity index (χ3v) is 15.1. The third kappa shape index (κ3) is 9.97. The number of phenols is 1. The minimum Gasteiger partial charge on any atom is -0.506 e. The van der Waals surface area contributed by atoms with Crippen molar-refractivity contribution >= 4 is 42.4 Å². The van der Waals surface area contributed by atoms with Crippen LogP contribution in [0, 0.1) is 0 Å². The van der Waals surface area contributed by atoms with Gasteiger partial charge in [-0.05, 0) is 111 Å². The van der Waals surface area contributed by atoms with E-state index in [4.69, 9.17) is 4.43 Å². The van der Waals surface area contributed by atoms with Crippen LogP contribution in [-0.2, 0) is 15.6 Å². The molecule has 0 saturated carbocycles. The summed E-state index contributed by atoms with van der Waals surface area (Å²) in [6, 6.07) is 21.7. The summed E-state index contributed by atoms with van der Waals surface area (Å²) >= 11 is 0. The summed E-state index contributed by atoms with van der Waals surface area (Å²) in [5.74, 6) is -0.163. The lowest BCUT2D eigenvalue weighted by molar-refractivity contribution is -0.118. The third-order valence-electron chi connectivity index (χ3n) is 10.6. The number of H-pyrrole nitrogens is 1. The Morgan fingerprint density at radius 2 is 1.73 bits per heavy atom. The summed E-state index contributed by atoms with van der Waals surface area (Å²) in [5.41, 5.74) is 4.06. The van der Waals surface area contributed by atoms with Crippen molar-refractivity contribution in [3.63, 3.8) is 0 Å². The fraction of sp³-hybridized carbons (Fsp3) is 0.439. The van der Waals surface area contributed by atoms with Crippen LogP contribution in [0.25, 0.3) is 10.9 Å². The van der Waals surface area contributed by atoms with Crippen molar-refractivity contribution < 1.29 is 19.1 Å². The van der Waals surface area contributed by atoms with E-state index >= 15 is 0 Å². The molecule has 0 unspecified atom stereocenters. The molecule has 1 saturated heterocycles. The molecule has 0 bridgehead atoms. The molecule has 10 nitrogen and oxygen atoms in total. The van der Waals surface area contributed by atoms with Gasteiger partial charge in [0.2, 0.25) is 11.5 Å². The Morgan fingerprint density at radius 3 is 2.44 bits per heavy atom. The zero-order chi connectivity index (χ0) is 37.5. The van der Waals surface area contributed by atoms with Gasteiger partial charge < -0.3 is 34.9 Å². The molecule has 0 spiro atoms. The van der Waals surface area contributed by atoms with E-state index < -0.39 is 8.32 Å². The number of piperidine rings is 1. The fourth-order valence-corrected chi connectivity index (χ4v) is 7.59. The summed E-state index contributed by atoms with van der Waals surface area (Å²) in [5, 5.41) is 17.8. The van der Waals surface area contributed by atoms with Crippen molar-refractivity contribution in [3.05, 3.63) is 99.8 Å². The van der Waals surface area contributed by atoms with Gasteiger partial charge in [0.1, 0.15) is 5.75 Å². The quantitative estimate of drug-likeness (QED) is 0.0799. The summed E-state index contributed by atoms with van der Waals surface area (Å²) < 4.78 is 6.92. The number of anilines is 2. The summed E-state index contributed by atoms with van der Waals surface area (Å²) in [7, 11) is -0.416. The van der Waals surface area contributed by atoms with Gasteiger partial charge in [0.25, 0.3) is 5.91 Å². The van der Waals surface area contributed by atoms with Gasteiger partial charge in [0.05, 0.1) is 11.6 Å². The van der Waals surface area contributed by atoms with Gasteiger partial charge in [0, 0.05) is 54.9 Å². The lowest BCUT2D eigenvalue weighted by Gasteiger charge is -2.39. The molecule has 278 valence electrons. The summed E-state index contributed by atoms with van der Waals surface area (Å²) in [4.78, 5) is 44.9. The fourth-order valence-electron chi connectivity index (χ4n) is 6.32. The second-order valence-corrected chi connectivity index (χ2v) is 20.2. The second kappa shape index (κ2) is 17.0. The first-order valence-corrected chi connectivity index (χ1v) is 21.4. The van der Waals surface area contributed by atoms with Gasteiger partial charge in [-0.2, -0.15) is 0 Å². The van der Waals surface area contributed by atoms with Gasteiger partial charge in [0.15, 0.2) is 8.32 Å². The van der Waals surface area contributed by atoms with Crippen LogP contribution in [0.5, 0.6) is 5.75 Å². The minimum atomic E-state index is -2.18. The number of aromatic nitrogens is 1. The number of nitrogens with one attached hydrogen (secondary N) is 3. The average Bonchev–Trinajstić information content (AvgIpc) is 3.12. The molecule has 5 rings (SSSR count). The van der Waals surface area contributed by atoms with Gasteiger partial charge in [-0.3, -0.25) is 14.4 Å². The number of aromatic hydroxyl groups is 1. The predicted octanol–water partition coefficient (Wildman–Crippen LogP) is 7.22. The van der Waals surface area contributed by atoms with Crippen LogP contribution in [0.3, 0.4) is 0 Å². The van der Waals surface area contributed by atoms with Crippen LogP contribution in [0.4, 0.5) is 11.4 Å². The van der Waals surface area contributed by atoms with Crippen LogP contribution in [0.1, 0.15) is 74.0 Å². The molecule has 1 aliphatic rings. The van der Waals surface area contributed by atoms with Crippen LogP contribution < -0.4 is 21.1 Å². The van der Waals surface area contributed by atoms with E-state index in [2.05, 4.69) is 54.4 Å². The molecule has 52 heavy (non-hydrogen) atoms. The van der Waals surface area contributed by atoms with Crippen molar-refractivity contribution in [1.82, 2.24) is 15.2 Å². The Balaban J connectivity index is 1.16. The van der Waals surface area contributed by atoms with E-state index in [1.807, 2.05) is 42.5 Å². The number of nitrogens with zero attached hydrogens (tertiary/aromatic N) is 2. The average molecular weight is 726 g/mol. The highest BCUT2D eigenvalue weighted by Crippen LogP contribution is 2.41. The molecule has 1 aromatic heterocycles. The van der Waals surface area contributed by atoms with Gasteiger partial charge in [-0.15, -0.1) is 0 Å². The molecule has 1 atom stereocenters. The lowest BCUT2D eigenvalue weighted by Crippen LogP contribution is -2.43. The number of phenolic OH excluding ortho intramolecular Hbond substituents is 1. The van der Waals surface area contributed by atoms with E-state index in [1.54, 1.807) is 36.2 Å². The molecule has 2 amide bonds. The number of pyridine rings is 1. The Kier molecular flexibility index (Phi) is 12.7. The molecule has 1 aliphatic heterocycles. The first-order valence-electron chi connectivity index (χ1n) is 18.4. The van der Waals surface area contributed by atoms with Gasteiger partial charge in [-0.25, -0.2) is 0 Å². The summed E-state index contributed by atoms with van der Waals surface area (Å²) in [6.45, 7) is 15.2. The first-order chi connectivity index (χ1) is 24.7. The zero-order valence-electron chi connectivity index (χ0n) is 31.6. The number of aromatic amines is 1. The second-order valence-electron chi connectivity index (χ2n) is 15.4. The molecule has 2 heterocycles. The predicted molar refractivity (Wildman–Crippen MR) is 213 cm³/mol. The van der Waals surface area contributed by atoms with E-state index in [9.17, 15) is 19.5 Å². The summed E-state index contributed by atoms with van der Waals surface area (Å²) in [6.07, 6.45) is 4.60. The lowest BCUT2D eigenvalue weighted by atomic mass is 10.0. The standard InChI is InChI=1S/C41H55N5O5Si/c1-41(2,3)52(5,6)51-36(33-17-19-35(47)39-34(33)18-20-37(48)44-39)28-42-23-21-29-13-15-31(16-14-29)43-40(50)30-11-10-12-32(27-30)45(4)38(49)22-26-46-24-8-7-9-25-46/h10-20,27,36,42,47H,7-9,21-26,28H2,1-6H3,(H,43,50)(H,44,48)/t36-/m0/s1. The van der Waals surface area contributed by atoms with Crippen molar-refractivity contribution in [2.45, 2.75) is 77.1 Å². The number of rotatable bonds is 14. The number of likely N-dealkylation sites (tertiary alicyclic amines) is 1. The molecule has 11 heteroatoms. The maximum absolute atomic E-state index is 13.2. The van der Waals surface area contributed by atoms with Crippen molar-refractivity contribution in [2.75, 3.05) is 50.0 Å². The zero-order valence-corrected chi connectivity index (χ0v) is 32.6. The van der Waals surface area contributed by atoms with E-state index in [1.165, 1.54) is 25.3 Å². The highest BCUT2D eigenvalue weighted by atomic mass is 28.4. The first kappa shape index (κ1) is 38.9. The minimum absolute atomic E-state index is 0.00590. The Morgan fingerprint density at radius 1 is 1.00 bits per heavy atom. The maximum Gasteiger partial charge on any atom is 0.255 e. The number of carbonyl (C=O) groups excluding carboxylic acids is 2. The molecule has 1 fully saturated rings. The van der Waals surface area contributed by atoms with Gasteiger partial charge >= 0.3 is 0 Å². The molecule has 3 aromatic carbocycles. The molecule has 0 aliphatic carbocycles. The topological polar surface area (TPSA) is 127 Å². The molecular weight excluding hydrogens is 671 g/mol. The molecular formula is C41H55N5O5Si. The number of carbonyl (C=O) groups is 2. The van der Waals surface area contributed by atoms with E-state index in [-0.39, 0.29) is 34.3 Å². The Labute approximate surface area is 308 Å². The van der Waals surface area contributed by atoms with E-state index in [0.29, 0.717) is 42.0 Å². The number of hydrogen-bond donors (Lipinski definition) is 4. The maximum atomic E-state index is 13.2. The number of benzene rings is 3. The van der Waals surface area contributed by atoms with Crippen molar-refractivity contribution in [1.29, 1.82) is 0 Å². The monoisotopic (exact) mass is 725 g/mol. The highest BCUT2D eigenvalue weighted by molar-refractivity contribution is 6.74. The largest absolute Gasteiger partial charge is 0.506 e. The van der Waals surface area contributed by atoms with Crippen LogP contribution in [-0.4, -0.2) is 74.9 Å². The number of fused-ring (bicyclic) bond motifs is 1. The SMILES string of the molecule is CN(C(=O)CCN1CCCCC1)c1cccc(C(=O)Nc2ccc(CCNC[C@H](O[Si](C)(C)C(C)(C)C)c3ccc(O)c4[nH]c(=O)ccc34)cc2)c1. The normalized spacial score (nSPS) is 14.7. The van der Waals surface area contributed by atoms with E-state index in [0.717, 1.165) is 42.6 Å². The Bertz CT molecular complexity index is 1900.